The van der Waals surface area contributed by atoms with Crippen LogP contribution in [0.5, 0.6) is 5.75 Å². The second-order valence-corrected chi connectivity index (χ2v) is 6.12. The Kier molecular flexibility index (Phi) is 5.10. The van der Waals surface area contributed by atoms with Crippen molar-refractivity contribution in [2.24, 2.45) is 5.73 Å². The van der Waals surface area contributed by atoms with Crippen LogP contribution in [0.3, 0.4) is 0 Å². The lowest BCUT2D eigenvalue weighted by Gasteiger charge is -2.22. The largest absolute Gasteiger partial charge is 0.497 e. The number of hydrogen-bond donors (Lipinski definition) is 1. The number of aryl methyl sites for hydroxylation is 1. The minimum atomic E-state index is 0.0769. The first kappa shape index (κ1) is 14.9. The molecule has 20 heavy (non-hydrogen) atoms. The van der Waals surface area contributed by atoms with Gasteiger partial charge in [0.05, 0.1) is 7.11 Å². The zero-order valence-electron chi connectivity index (χ0n) is 12.2. The topological polar surface area (TPSA) is 35.2 Å². The summed E-state index contributed by atoms with van der Waals surface area (Å²) in [6.07, 6.45) is 0. The van der Waals surface area contributed by atoms with E-state index in [4.69, 9.17) is 10.5 Å². The molecule has 2 N–H and O–H groups in total. The van der Waals surface area contributed by atoms with Gasteiger partial charge in [0.2, 0.25) is 0 Å². The molecule has 0 heterocycles. The summed E-state index contributed by atoms with van der Waals surface area (Å²) in [5.74, 6) is 0.873. The molecule has 2 aromatic rings. The van der Waals surface area contributed by atoms with Crippen LogP contribution in [-0.4, -0.2) is 13.2 Å². The van der Waals surface area contributed by atoms with Crippen molar-refractivity contribution in [3.05, 3.63) is 59.7 Å². The van der Waals surface area contributed by atoms with Crippen molar-refractivity contribution < 1.29 is 4.74 Å². The SMILES string of the molecule is COc1ccc(C(Sc2ccccc2C)C(C)N)cc1. The van der Waals surface area contributed by atoms with Crippen LogP contribution in [0.25, 0.3) is 0 Å². The van der Waals surface area contributed by atoms with Crippen LogP contribution in [0.15, 0.2) is 53.4 Å². The smallest absolute Gasteiger partial charge is 0.118 e. The number of methoxy groups -OCH3 is 1. The standard InChI is InChI=1S/C17H21NOS/c1-12-6-4-5-7-16(12)20-17(13(2)18)14-8-10-15(19-3)11-9-14/h4-11,13,17H,18H2,1-3H3. The van der Waals surface area contributed by atoms with Crippen LogP contribution in [0.4, 0.5) is 0 Å². The molecule has 2 nitrogen and oxygen atoms in total. The molecule has 0 spiro atoms. The minimum Gasteiger partial charge on any atom is -0.497 e. The predicted octanol–water partition coefficient (Wildman–Crippen LogP) is 4.18. The predicted molar refractivity (Wildman–Crippen MR) is 86.4 cm³/mol. The summed E-state index contributed by atoms with van der Waals surface area (Å²) in [6.45, 7) is 4.19. The van der Waals surface area contributed by atoms with Crippen molar-refractivity contribution in [1.82, 2.24) is 0 Å². The summed E-state index contributed by atoms with van der Waals surface area (Å²) in [4.78, 5) is 1.28. The van der Waals surface area contributed by atoms with E-state index in [1.807, 2.05) is 23.9 Å². The molecule has 2 atom stereocenters. The normalized spacial score (nSPS) is 13.8. The van der Waals surface area contributed by atoms with Crippen molar-refractivity contribution in [1.29, 1.82) is 0 Å². The van der Waals surface area contributed by atoms with Gasteiger partial charge in [0.1, 0.15) is 5.75 Å². The van der Waals surface area contributed by atoms with Crippen molar-refractivity contribution in [3.8, 4) is 5.75 Å². The Bertz CT molecular complexity index is 551. The van der Waals surface area contributed by atoms with Crippen molar-refractivity contribution in [3.63, 3.8) is 0 Å². The van der Waals surface area contributed by atoms with Crippen LogP contribution in [0.1, 0.15) is 23.3 Å². The van der Waals surface area contributed by atoms with E-state index in [9.17, 15) is 0 Å². The quantitative estimate of drug-likeness (QED) is 0.838. The zero-order valence-corrected chi connectivity index (χ0v) is 13.0. The number of nitrogens with two attached hydrogens (primary N) is 1. The van der Waals surface area contributed by atoms with Gasteiger partial charge in [-0.25, -0.2) is 0 Å². The van der Waals surface area contributed by atoms with Gasteiger partial charge in [-0.1, -0.05) is 30.3 Å². The molecule has 0 aliphatic carbocycles. The van der Waals surface area contributed by atoms with E-state index in [-0.39, 0.29) is 11.3 Å². The molecule has 0 radical (unpaired) electrons. The first-order chi connectivity index (χ1) is 9.61. The number of hydrogen-bond acceptors (Lipinski definition) is 3. The first-order valence-corrected chi connectivity index (χ1v) is 7.61. The third kappa shape index (κ3) is 3.56. The second kappa shape index (κ2) is 6.82. The maximum atomic E-state index is 6.19. The lowest BCUT2D eigenvalue weighted by Crippen LogP contribution is -2.22. The first-order valence-electron chi connectivity index (χ1n) is 6.73. The Morgan fingerprint density at radius 1 is 1.05 bits per heavy atom. The molecule has 0 amide bonds. The summed E-state index contributed by atoms with van der Waals surface area (Å²) in [5, 5.41) is 0.238. The van der Waals surface area contributed by atoms with E-state index in [2.05, 4.69) is 50.2 Å². The van der Waals surface area contributed by atoms with E-state index < -0.39 is 0 Å². The molecule has 2 rings (SSSR count). The fourth-order valence-corrected chi connectivity index (χ4v) is 3.29. The Morgan fingerprint density at radius 3 is 2.25 bits per heavy atom. The van der Waals surface area contributed by atoms with Gasteiger partial charge in [0.25, 0.3) is 0 Å². The van der Waals surface area contributed by atoms with Crippen molar-refractivity contribution in [2.45, 2.75) is 30.0 Å². The van der Waals surface area contributed by atoms with E-state index in [0.29, 0.717) is 0 Å². The Hall–Kier alpha value is -1.45. The molecule has 2 aromatic carbocycles. The number of benzene rings is 2. The summed E-state index contributed by atoms with van der Waals surface area (Å²) in [5.41, 5.74) is 8.70. The van der Waals surface area contributed by atoms with Gasteiger partial charge in [-0.2, -0.15) is 0 Å². The van der Waals surface area contributed by atoms with Gasteiger partial charge in [-0.3, -0.25) is 0 Å². The highest BCUT2D eigenvalue weighted by Crippen LogP contribution is 2.38. The third-order valence-electron chi connectivity index (χ3n) is 3.27. The molecule has 3 heteroatoms. The van der Waals surface area contributed by atoms with Gasteiger partial charge in [-0.15, -0.1) is 11.8 Å². The molecule has 0 aliphatic heterocycles. The molecular formula is C17H21NOS. The maximum absolute atomic E-state index is 6.19. The lowest BCUT2D eigenvalue weighted by molar-refractivity contribution is 0.414. The van der Waals surface area contributed by atoms with E-state index >= 15 is 0 Å². The summed E-state index contributed by atoms with van der Waals surface area (Å²) < 4.78 is 5.21. The number of thioether (sulfide) groups is 1. The molecule has 0 saturated carbocycles. The van der Waals surface area contributed by atoms with Crippen LogP contribution >= 0.6 is 11.8 Å². The van der Waals surface area contributed by atoms with Gasteiger partial charge >= 0.3 is 0 Å². The van der Waals surface area contributed by atoms with Gasteiger partial charge < -0.3 is 10.5 Å². The highest BCUT2D eigenvalue weighted by molar-refractivity contribution is 7.99. The highest BCUT2D eigenvalue weighted by Gasteiger charge is 2.18. The monoisotopic (exact) mass is 287 g/mol. The Labute approximate surface area is 125 Å². The van der Waals surface area contributed by atoms with Gasteiger partial charge in [-0.05, 0) is 43.2 Å². The van der Waals surface area contributed by atoms with Crippen LogP contribution in [0.2, 0.25) is 0 Å². The number of rotatable bonds is 5. The molecular weight excluding hydrogens is 266 g/mol. The molecule has 106 valence electrons. The fraction of sp³-hybridized carbons (Fsp3) is 0.294. The molecule has 0 fully saturated rings. The average Bonchev–Trinajstić information content (AvgIpc) is 2.46. The molecule has 0 aromatic heterocycles. The van der Waals surface area contributed by atoms with Crippen molar-refractivity contribution in [2.75, 3.05) is 7.11 Å². The van der Waals surface area contributed by atoms with E-state index in [0.717, 1.165) is 5.75 Å². The minimum absolute atomic E-state index is 0.0769. The number of ether oxygens (including phenoxy) is 1. The lowest BCUT2D eigenvalue weighted by atomic mass is 10.1. The summed E-state index contributed by atoms with van der Waals surface area (Å²) in [6, 6.07) is 16.7. The van der Waals surface area contributed by atoms with Crippen LogP contribution in [-0.2, 0) is 0 Å². The highest BCUT2D eigenvalue weighted by atomic mass is 32.2. The van der Waals surface area contributed by atoms with Crippen LogP contribution in [0, 0.1) is 6.92 Å². The van der Waals surface area contributed by atoms with Gasteiger partial charge in [0, 0.05) is 16.2 Å². The Balaban J connectivity index is 2.25. The second-order valence-electron chi connectivity index (χ2n) is 4.94. The van der Waals surface area contributed by atoms with Gasteiger partial charge in [0.15, 0.2) is 0 Å². The fourth-order valence-electron chi connectivity index (χ4n) is 2.10. The van der Waals surface area contributed by atoms with Crippen LogP contribution < -0.4 is 10.5 Å². The molecule has 0 bridgehead atoms. The Morgan fingerprint density at radius 2 is 1.70 bits per heavy atom. The summed E-state index contributed by atoms with van der Waals surface area (Å²) in [7, 11) is 1.68. The maximum Gasteiger partial charge on any atom is 0.118 e. The van der Waals surface area contributed by atoms with E-state index in [1.165, 1.54) is 16.0 Å². The third-order valence-corrected chi connectivity index (χ3v) is 4.94. The van der Waals surface area contributed by atoms with Crippen molar-refractivity contribution >= 4 is 11.8 Å². The molecule has 0 aliphatic rings. The molecule has 0 saturated heterocycles. The zero-order chi connectivity index (χ0) is 14.5. The van der Waals surface area contributed by atoms with E-state index in [1.54, 1.807) is 7.11 Å². The average molecular weight is 287 g/mol. The summed E-state index contributed by atoms with van der Waals surface area (Å²) >= 11 is 1.82. The molecule has 2 unspecified atom stereocenters.